The van der Waals surface area contributed by atoms with Gasteiger partial charge in [-0.05, 0) is 56.7 Å². The van der Waals surface area contributed by atoms with Crippen LogP contribution >= 0.6 is 11.6 Å². The maximum absolute atomic E-state index is 14.9. The number of aromatic nitrogens is 2. The van der Waals surface area contributed by atoms with Crippen LogP contribution in [-0.2, 0) is 22.8 Å². The molecule has 36 heavy (non-hydrogen) atoms. The van der Waals surface area contributed by atoms with E-state index >= 15 is 0 Å². The second kappa shape index (κ2) is 10.7. The van der Waals surface area contributed by atoms with Crippen molar-refractivity contribution in [2.24, 2.45) is 0 Å². The third kappa shape index (κ3) is 6.77. The first-order chi connectivity index (χ1) is 16.6. The van der Waals surface area contributed by atoms with Gasteiger partial charge in [-0.1, -0.05) is 17.7 Å². The molecule has 1 aromatic carbocycles. The van der Waals surface area contributed by atoms with E-state index in [1.165, 1.54) is 16.8 Å². The van der Waals surface area contributed by atoms with Crippen molar-refractivity contribution >= 4 is 27.3 Å². The van der Waals surface area contributed by atoms with E-state index in [4.69, 9.17) is 11.6 Å². The first-order valence-corrected chi connectivity index (χ1v) is 13.8. The van der Waals surface area contributed by atoms with Crippen molar-refractivity contribution in [2.45, 2.75) is 69.0 Å². The first-order valence-electron chi connectivity index (χ1n) is 11.4. The number of aliphatic hydroxyl groups is 1. The Morgan fingerprint density at radius 1 is 1.31 bits per heavy atom. The number of carbonyl (C=O) groups excluding carboxylic acids is 1. The Balaban J connectivity index is 1.75. The SMILES string of the molecule is CCn1nc(C(=O)NC[C@]2(O)CC[C@@H](S(C)(=O)=O)CC2)c(Cl)c1-c1ccc(CCC(F)(F)F)cc1F. The van der Waals surface area contributed by atoms with Gasteiger partial charge in [0.2, 0.25) is 0 Å². The molecule has 1 heterocycles. The van der Waals surface area contributed by atoms with Gasteiger partial charge < -0.3 is 10.4 Å². The predicted octanol–water partition coefficient (Wildman–Crippen LogP) is 4.31. The van der Waals surface area contributed by atoms with Crippen LogP contribution in [0.3, 0.4) is 0 Å². The molecule has 2 aromatic rings. The predicted molar refractivity (Wildman–Crippen MR) is 127 cm³/mol. The third-order valence-electron chi connectivity index (χ3n) is 6.44. The summed E-state index contributed by atoms with van der Waals surface area (Å²) in [7, 11) is -3.21. The van der Waals surface area contributed by atoms with Crippen LogP contribution < -0.4 is 5.32 Å². The molecule has 0 atom stereocenters. The number of carbonyl (C=O) groups is 1. The van der Waals surface area contributed by atoms with Crippen molar-refractivity contribution in [3.05, 3.63) is 40.3 Å². The quantitative estimate of drug-likeness (QED) is 0.475. The summed E-state index contributed by atoms with van der Waals surface area (Å²) in [5.74, 6) is -1.50. The standard InChI is InChI=1S/C23H28ClF4N3O4S/c1-3-31-20(16-5-4-14(12-17(16)25)6-11-23(26,27)28)18(24)19(30-31)21(32)29-13-22(33)9-7-15(8-10-22)36(2,34)35/h4-5,12,15,33H,3,6-11,13H2,1-2H3,(H,29,32)/t15-,22+. The zero-order valence-electron chi connectivity index (χ0n) is 19.8. The highest BCUT2D eigenvalue weighted by atomic mass is 35.5. The molecule has 1 aliphatic rings. The fraction of sp³-hybridized carbons (Fsp3) is 0.565. The lowest BCUT2D eigenvalue weighted by Gasteiger charge is -2.35. The van der Waals surface area contributed by atoms with Crippen LogP contribution in [-0.4, -0.2) is 59.0 Å². The number of nitrogens with zero attached hydrogens (tertiary/aromatic N) is 2. The van der Waals surface area contributed by atoms with Gasteiger partial charge in [0.25, 0.3) is 5.91 Å². The minimum Gasteiger partial charge on any atom is -0.388 e. The van der Waals surface area contributed by atoms with Gasteiger partial charge in [0.05, 0.1) is 21.6 Å². The van der Waals surface area contributed by atoms with Gasteiger partial charge in [-0.3, -0.25) is 9.48 Å². The number of benzene rings is 1. The number of nitrogens with one attached hydrogen (secondary N) is 1. The molecule has 2 N–H and O–H groups in total. The zero-order valence-corrected chi connectivity index (χ0v) is 21.4. The maximum atomic E-state index is 14.9. The van der Waals surface area contributed by atoms with E-state index in [0.29, 0.717) is 0 Å². The molecule has 0 aliphatic heterocycles. The Hall–Kier alpha value is -2.18. The average molecular weight is 554 g/mol. The van der Waals surface area contributed by atoms with E-state index in [-0.39, 0.29) is 72.7 Å². The molecule has 1 aliphatic carbocycles. The van der Waals surface area contributed by atoms with Crippen molar-refractivity contribution in [3.63, 3.8) is 0 Å². The lowest BCUT2D eigenvalue weighted by Crippen LogP contribution is -2.47. The fourth-order valence-electron chi connectivity index (χ4n) is 4.33. The number of rotatable bonds is 8. The van der Waals surface area contributed by atoms with E-state index < -0.39 is 45.0 Å². The maximum Gasteiger partial charge on any atom is 0.389 e. The summed E-state index contributed by atoms with van der Waals surface area (Å²) >= 11 is 6.41. The molecule has 7 nitrogen and oxygen atoms in total. The smallest absolute Gasteiger partial charge is 0.388 e. The Bertz CT molecular complexity index is 1220. The van der Waals surface area contributed by atoms with E-state index in [9.17, 15) is 35.9 Å². The molecular formula is C23H28ClF4N3O4S. The van der Waals surface area contributed by atoms with Gasteiger partial charge in [-0.2, -0.15) is 18.3 Å². The van der Waals surface area contributed by atoms with E-state index in [0.717, 1.165) is 12.3 Å². The summed E-state index contributed by atoms with van der Waals surface area (Å²) in [4.78, 5) is 12.8. The lowest BCUT2D eigenvalue weighted by molar-refractivity contribution is -0.134. The van der Waals surface area contributed by atoms with Crippen LogP contribution in [0.1, 0.15) is 55.1 Å². The largest absolute Gasteiger partial charge is 0.389 e. The molecule has 0 unspecified atom stereocenters. The van der Waals surface area contributed by atoms with Gasteiger partial charge >= 0.3 is 6.18 Å². The summed E-state index contributed by atoms with van der Waals surface area (Å²) in [5.41, 5.74) is -1.21. The fourth-order valence-corrected chi connectivity index (χ4v) is 5.74. The normalized spacial score (nSPS) is 20.9. The highest BCUT2D eigenvalue weighted by molar-refractivity contribution is 7.91. The average Bonchev–Trinajstić information content (AvgIpc) is 3.11. The Labute approximate surface area is 211 Å². The van der Waals surface area contributed by atoms with Gasteiger partial charge in [0, 0.05) is 31.3 Å². The number of hydrogen-bond donors (Lipinski definition) is 2. The summed E-state index contributed by atoms with van der Waals surface area (Å²) < 4.78 is 77.1. The summed E-state index contributed by atoms with van der Waals surface area (Å²) in [5, 5.41) is 16.8. The summed E-state index contributed by atoms with van der Waals surface area (Å²) in [6, 6.07) is 3.68. The minimum absolute atomic E-state index is 0.0121. The van der Waals surface area contributed by atoms with Crippen LogP contribution in [0.2, 0.25) is 5.02 Å². The molecular weight excluding hydrogens is 526 g/mol. The van der Waals surface area contributed by atoms with Crippen molar-refractivity contribution < 1.29 is 35.9 Å². The molecule has 0 bridgehead atoms. The third-order valence-corrected chi connectivity index (χ3v) is 8.48. The molecule has 0 saturated heterocycles. The van der Waals surface area contributed by atoms with Crippen LogP contribution in [0.25, 0.3) is 11.3 Å². The highest BCUT2D eigenvalue weighted by Gasteiger charge is 2.37. The molecule has 1 saturated carbocycles. The number of amides is 1. The van der Waals surface area contributed by atoms with Crippen LogP contribution in [0.15, 0.2) is 18.2 Å². The lowest BCUT2D eigenvalue weighted by atomic mass is 9.84. The number of aryl methyl sites for hydroxylation is 2. The van der Waals surface area contributed by atoms with E-state index in [1.807, 2.05) is 0 Å². The van der Waals surface area contributed by atoms with Crippen LogP contribution in [0, 0.1) is 5.82 Å². The van der Waals surface area contributed by atoms with E-state index in [1.54, 1.807) is 6.92 Å². The second-order valence-electron chi connectivity index (χ2n) is 9.19. The second-order valence-corrected chi connectivity index (χ2v) is 11.9. The zero-order chi connectivity index (χ0) is 26.9. The molecule has 13 heteroatoms. The van der Waals surface area contributed by atoms with Gasteiger partial charge in [-0.15, -0.1) is 0 Å². The van der Waals surface area contributed by atoms with Crippen molar-refractivity contribution in [3.8, 4) is 11.3 Å². The van der Waals surface area contributed by atoms with Crippen LogP contribution in [0.4, 0.5) is 17.6 Å². The van der Waals surface area contributed by atoms with Crippen LogP contribution in [0.5, 0.6) is 0 Å². The monoisotopic (exact) mass is 553 g/mol. The highest BCUT2D eigenvalue weighted by Crippen LogP contribution is 2.35. The molecule has 0 spiro atoms. The molecule has 200 valence electrons. The molecule has 0 radical (unpaired) electrons. The summed E-state index contributed by atoms with van der Waals surface area (Å²) in [6.45, 7) is 1.79. The Morgan fingerprint density at radius 3 is 2.47 bits per heavy atom. The minimum atomic E-state index is -4.36. The molecule has 3 rings (SSSR count). The Kier molecular flexibility index (Phi) is 8.41. The van der Waals surface area contributed by atoms with E-state index in [2.05, 4.69) is 10.4 Å². The Morgan fingerprint density at radius 2 is 1.94 bits per heavy atom. The van der Waals surface area contributed by atoms with Crippen molar-refractivity contribution in [2.75, 3.05) is 12.8 Å². The van der Waals surface area contributed by atoms with Crippen molar-refractivity contribution in [1.29, 1.82) is 0 Å². The van der Waals surface area contributed by atoms with Crippen molar-refractivity contribution in [1.82, 2.24) is 15.1 Å². The van der Waals surface area contributed by atoms with Gasteiger partial charge in [0.15, 0.2) is 5.69 Å². The van der Waals surface area contributed by atoms with Gasteiger partial charge in [-0.25, -0.2) is 12.8 Å². The number of alkyl halides is 3. The molecule has 1 aromatic heterocycles. The topological polar surface area (TPSA) is 101 Å². The number of hydrogen-bond acceptors (Lipinski definition) is 5. The summed E-state index contributed by atoms with van der Waals surface area (Å²) in [6.07, 6.45) is -3.71. The molecule has 1 amide bonds. The van der Waals surface area contributed by atoms with Gasteiger partial charge in [0.1, 0.15) is 15.7 Å². The first kappa shape index (κ1) is 28.4. The number of sulfone groups is 1. The number of halogens is 5. The molecule has 1 fully saturated rings.